The van der Waals surface area contributed by atoms with Crippen molar-refractivity contribution in [1.29, 1.82) is 5.26 Å². The molecule has 2 heteroatoms. The molecule has 0 bridgehead atoms. The van der Waals surface area contributed by atoms with E-state index in [-0.39, 0.29) is 5.92 Å². The first-order valence-corrected chi connectivity index (χ1v) is 4.66. The van der Waals surface area contributed by atoms with E-state index in [1.54, 1.807) is 0 Å². The standard InChI is InChI=1S/C11H10N2/c12-5-7-3-9-2-1-8-4-10(8)11(9)13-6-7/h1,4,7,13H,2-3,6H2. The van der Waals surface area contributed by atoms with Crippen LogP contribution >= 0.6 is 0 Å². The van der Waals surface area contributed by atoms with Crippen LogP contribution in [0.4, 0.5) is 0 Å². The lowest BCUT2D eigenvalue weighted by molar-refractivity contribution is 0.558. The van der Waals surface area contributed by atoms with Crippen molar-refractivity contribution in [3.05, 3.63) is 34.6 Å². The summed E-state index contributed by atoms with van der Waals surface area (Å²) < 4.78 is 0. The molecule has 0 aromatic heterocycles. The highest BCUT2D eigenvalue weighted by atomic mass is 14.9. The molecule has 64 valence electrons. The molecule has 0 aromatic carbocycles. The zero-order chi connectivity index (χ0) is 8.84. The van der Waals surface area contributed by atoms with E-state index in [2.05, 4.69) is 23.5 Å². The predicted molar refractivity (Wildman–Crippen MR) is 49.5 cm³/mol. The van der Waals surface area contributed by atoms with Crippen molar-refractivity contribution in [2.75, 3.05) is 6.54 Å². The summed E-state index contributed by atoms with van der Waals surface area (Å²) in [5.41, 5.74) is 5.54. The number of fused-ring (bicyclic) bond motifs is 2. The maximum Gasteiger partial charge on any atom is 0.0677 e. The van der Waals surface area contributed by atoms with Gasteiger partial charge in [-0.2, -0.15) is 5.26 Å². The zero-order valence-corrected chi connectivity index (χ0v) is 7.30. The lowest BCUT2D eigenvalue weighted by Crippen LogP contribution is -2.29. The largest absolute Gasteiger partial charge is 0.383 e. The minimum Gasteiger partial charge on any atom is -0.383 e. The van der Waals surface area contributed by atoms with Gasteiger partial charge in [-0.1, -0.05) is 6.08 Å². The van der Waals surface area contributed by atoms with Gasteiger partial charge in [0.1, 0.15) is 0 Å². The van der Waals surface area contributed by atoms with Crippen LogP contribution in [-0.2, 0) is 0 Å². The first-order valence-electron chi connectivity index (χ1n) is 4.66. The Kier molecular flexibility index (Phi) is 1.21. The summed E-state index contributed by atoms with van der Waals surface area (Å²) in [5.74, 6) is 0.174. The van der Waals surface area contributed by atoms with E-state index in [1.807, 2.05) is 0 Å². The van der Waals surface area contributed by atoms with Crippen LogP contribution in [-0.4, -0.2) is 6.54 Å². The molecule has 0 saturated heterocycles. The number of nitrogens with one attached hydrogen (secondary N) is 1. The minimum atomic E-state index is 0.174. The molecule has 0 spiro atoms. The number of allylic oxidation sites excluding steroid dienone is 4. The SMILES string of the molecule is N#CC1CNC2=C(CC=C3C=C32)C1. The fourth-order valence-electron chi connectivity index (χ4n) is 2.12. The van der Waals surface area contributed by atoms with Crippen molar-refractivity contribution in [2.24, 2.45) is 5.92 Å². The molecule has 3 rings (SSSR count). The summed E-state index contributed by atoms with van der Waals surface area (Å²) in [6.45, 7) is 0.819. The maximum atomic E-state index is 8.81. The van der Waals surface area contributed by atoms with E-state index in [1.165, 1.54) is 22.4 Å². The molecule has 2 nitrogen and oxygen atoms in total. The van der Waals surface area contributed by atoms with Crippen LogP contribution in [0, 0.1) is 17.2 Å². The van der Waals surface area contributed by atoms with Gasteiger partial charge in [0.05, 0.1) is 12.0 Å². The molecule has 0 fully saturated rings. The Morgan fingerprint density at radius 2 is 2.46 bits per heavy atom. The van der Waals surface area contributed by atoms with Gasteiger partial charge in [-0.3, -0.25) is 0 Å². The summed E-state index contributed by atoms with van der Waals surface area (Å²) in [4.78, 5) is 0. The van der Waals surface area contributed by atoms with Gasteiger partial charge < -0.3 is 5.32 Å². The molecule has 2 aliphatic carbocycles. The van der Waals surface area contributed by atoms with Crippen molar-refractivity contribution in [3.63, 3.8) is 0 Å². The fraction of sp³-hybridized carbons (Fsp3) is 0.364. The van der Waals surface area contributed by atoms with E-state index < -0.39 is 0 Å². The summed E-state index contributed by atoms with van der Waals surface area (Å²) in [5, 5.41) is 12.2. The lowest BCUT2D eigenvalue weighted by Gasteiger charge is -2.25. The quantitative estimate of drug-likeness (QED) is 0.600. The van der Waals surface area contributed by atoms with Crippen molar-refractivity contribution >= 4 is 0 Å². The summed E-state index contributed by atoms with van der Waals surface area (Å²) >= 11 is 0. The summed E-state index contributed by atoms with van der Waals surface area (Å²) in [6, 6.07) is 2.33. The van der Waals surface area contributed by atoms with Crippen molar-refractivity contribution < 1.29 is 0 Å². The molecule has 0 radical (unpaired) electrons. The first kappa shape index (κ1) is 6.97. The van der Waals surface area contributed by atoms with Gasteiger partial charge in [-0.25, -0.2) is 0 Å². The molecule has 1 aliphatic heterocycles. The smallest absolute Gasteiger partial charge is 0.0677 e. The number of nitriles is 1. The molecular formula is C11H10N2. The van der Waals surface area contributed by atoms with Crippen LogP contribution in [0.5, 0.6) is 0 Å². The Bertz CT molecular complexity index is 404. The van der Waals surface area contributed by atoms with Gasteiger partial charge in [-0.05, 0) is 30.1 Å². The molecule has 1 heterocycles. The van der Waals surface area contributed by atoms with Crippen LogP contribution in [0.15, 0.2) is 34.6 Å². The topological polar surface area (TPSA) is 35.8 Å². The van der Waals surface area contributed by atoms with Crippen LogP contribution in [0.2, 0.25) is 0 Å². The normalized spacial score (nSPS) is 29.0. The summed E-state index contributed by atoms with van der Waals surface area (Å²) in [6.07, 6.45) is 6.47. The molecule has 0 saturated carbocycles. The highest BCUT2D eigenvalue weighted by Gasteiger charge is 2.30. The Morgan fingerprint density at radius 3 is 3.31 bits per heavy atom. The fourth-order valence-corrected chi connectivity index (χ4v) is 2.12. The average Bonchev–Trinajstić information content (AvgIpc) is 2.95. The second-order valence-corrected chi connectivity index (χ2v) is 3.81. The molecule has 13 heavy (non-hydrogen) atoms. The van der Waals surface area contributed by atoms with E-state index in [0.717, 1.165) is 19.4 Å². The number of rotatable bonds is 0. The van der Waals surface area contributed by atoms with E-state index in [0.29, 0.717) is 0 Å². The van der Waals surface area contributed by atoms with Gasteiger partial charge in [0, 0.05) is 17.8 Å². The van der Waals surface area contributed by atoms with Crippen LogP contribution in [0.25, 0.3) is 0 Å². The third kappa shape index (κ3) is 0.936. The summed E-state index contributed by atoms with van der Waals surface area (Å²) in [7, 11) is 0. The Hall–Kier alpha value is -1.49. The van der Waals surface area contributed by atoms with E-state index >= 15 is 0 Å². The molecule has 1 N–H and O–H groups in total. The second-order valence-electron chi connectivity index (χ2n) is 3.81. The van der Waals surface area contributed by atoms with Gasteiger partial charge in [0.2, 0.25) is 0 Å². The van der Waals surface area contributed by atoms with Gasteiger partial charge >= 0.3 is 0 Å². The Labute approximate surface area is 77.2 Å². The average molecular weight is 170 g/mol. The van der Waals surface area contributed by atoms with Crippen molar-refractivity contribution in [3.8, 4) is 6.07 Å². The van der Waals surface area contributed by atoms with Crippen molar-refractivity contribution in [1.82, 2.24) is 5.32 Å². The molecule has 0 amide bonds. The first-order chi connectivity index (χ1) is 6.38. The Balaban J connectivity index is 1.92. The Morgan fingerprint density at radius 1 is 1.54 bits per heavy atom. The minimum absolute atomic E-state index is 0.174. The lowest BCUT2D eigenvalue weighted by atomic mass is 9.89. The van der Waals surface area contributed by atoms with E-state index in [4.69, 9.17) is 5.26 Å². The van der Waals surface area contributed by atoms with E-state index in [9.17, 15) is 0 Å². The van der Waals surface area contributed by atoms with Crippen LogP contribution < -0.4 is 5.32 Å². The molecule has 0 aromatic rings. The van der Waals surface area contributed by atoms with Gasteiger partial charge in [0.15, 0.2) is 0 Å². The predicted octanol–water partition coefficient (Wildman–Crippen LogP) is 1.64. The molecule has 1 atom stereocenters. The van der Waals surface area contributed by atoms with Crippen molar-refractivity contribution in [2.45, 2.75) is 12.8 Å². The highest BCUT2D eigenvalue weighted by Crippen LogP contribution is 2.42. The number of nitrogens with zero attached hydrogens (tertiary/aromatic N) is 1. The zero-order valence-electron chi connectivity index (χ0n) is 7.30. The maximum absolute atomic E-state index is 8.81. The number of hydrogen-bond acceptors (Lipinski definition) is 2. The van der Waals surface area contributed by atoms with Gasteiger partial charge in [-0.15, -0.1) is 0 Å². The molecular weight excluding hydrogens is 160 g/mol. The molecule has 1 unspecified atom stereocenters. The molecule has 3 aliphatic rings. The second kappa shape index (κ2) is 2.26. The van der Waals surface area contributed by atoms with Crippen LogP contribution in [0.3, 0.4) is 0 Å². The monoisotopic (exact) mass is 170 g/mol. The third-order valence-electron chi connectivity index (χ3n) is 2.92. The highest BCUT2D eigenvalue weighted by molar-refractivity contribution is 5.70. The third-order valence-corrected chi connectivity index (χ3v) is 2.92. The number of hydrogen-bond donors (Lipinski definition) is 1. The van der Waals surface area contributed by atoms with Gasteiger partial charge in [0.25, 0.3) is 0 Å². The van der Waals surface area contributed by atoms with Crippen LogP contribution in [0.1, 0.15) is 12.8 Å².